The first kappa shape index (κ1) is 4.36. The molecule has 1 unspecified atom stereocenters. The molecule has 0 fully saturated rings. The van der Waals surface area contributed by atoms with Crippen molar-refractivity contribution in [1.82, 2.24) is 4.72 Å². The minimum atomic E-state index is -0.798. The van der Waals surface area contributed by atoms with Gasteiger partial charge in [0.2, 0.25) is 11.0 Å². The van der Waals surface area contributed by atoms with Crippen LogP contribution in [0.2, 0.25) is 0 Å². The van der Waals surface area contributed by atoms with Crippen LogP contribution >= 0.6 is 11.0 Å². The van der Waals surface area contributed by atoms with Crippen molar-refractivity contribution in [2.75, 3.05) is 0 Å². The van der Waals surface area contributed by atoms with Crippen molar-refractivity contribution >= 4 is 21.2 Å². The molecule has 0 spiro atoms. The van der Waals surface area contributed by atoms with Gasteiger partial charge >= 0.3 is 0 Å². The predicted molar refractivity (Wildman–Crippen MR) is 28.0 cm³/mol. The van der Waals surface area contributed by atoms with Gasteiger partial charge in [-0.25, -0.2) is 0 Å². The topological polar surface area (TPSA) is 35.1 Å². The van der Waals surface area contributed by atoms with Gasteiger partial charge in [0.1, 0.15) is 5.41 Å². The van der Waals surface area contributed by atoms with Gasteiger partial charge in [-0.05, 0) is 0 Å². The third-order valence-corrected chi connectivity index (χ3v) is 2.25. The normalized spacial score (nSPS) is 30.5. The lowest BCUT2D eigenvalue weighted by molar-refractivity contribution is 0.617. The van der Waals surface area contributed by atoms with Gasteiger partial charge in [-0.1, -0.05) is 0 Å². The summed E-state index contributed by atoms with van der Waals surface area (Å²) >= 11 is 0. The summed E-state index contributed by atoms with van der Waals surface area (Å²) in [5.41, 5.74) is 0. The predicted octanol–water partition coefficient (Wildman–Crippen LogP) is 0.373. The molecule has 0 saturated heterocycles. The van der Waals surface area contributed by atoms with E-state index in [-0.39, 0.29) is 0 Å². The molecule has 1 heterocycles. The lowest BCUT2D eigenvalue weighted by Crippen LogP contribution is -1.85. The van der Waals surface area contributed by atoms with Crippen LogP contribution in [0, 0.1) is 0 Å². The Morgan fingerprint density at radius 2 is 2.67 bits per heavy atom. The molecule has 6 heavy (non-hydrogen) atoms. The number of hydrogen-bond donors (Lipinski definition) is 1. The van der Waals surface area contributed by atoms with E-state index >= 15 is 0 Å². The highest BCUT2D eigenvalue weighted by atomic mass is 33.1. The average molecular weight is 121 g/mol. The van der Waals surface area contributed by atoms with Crippen molar-refractivity contribution in [2.24, 2.45) is 0 Å². The number of rotatable bonds is 0. The highest BCUT2D eigenvalue weighted by Crippen LogP contribution is 2.14. The molecule has 0 aromatic heterocycles. The number of hydrogen-bond acceptors (Lipinski definition) is 3. The van der Waals surface area contributed by atoms with Crippen molar-refractivity contribution in [3.05, 3.63) is 11.6 Å². The van der Waals surface area contributed by atoms with E-state index in [1.54, 1.807) is 11.6 Å². The number of nitrogens with one attached hydrogen (secondary N) is 1. The maximum Gasteiger partial charge on any atom is 0.215 e. The van der Waals surface area contributed by atoms with Crippen LogP contribution in [-0.2, 0) is 10.2 Å². The van der Waals surface area contributed by atoms with E-state index in [9.17, 15) is 4.55 Å². The van der Waals surface area contributed by atoms with Crippen molar-refractivity contribution < 1.29 is 4.55 Å². The molecule has 1 N–H and O–H groups in total. The quantitative estimate of drug-likeness (QED) is 0.286. The zero-order valence-electron chi connectivity index (χ0n) is 2.88. The van der Waals surface area contributed by atoms with Crippen molar-refractivity contribution in [2.45, 2.75) is 0 Å². The zero-order chi connectivity index (χ0) is 4.41. The summed E-state index contributed by atoms with van der Waals surface area (Å²) in [6.07, 6.45) is 1.67. The lowest BCUT2D eigenvalue weighted by atomic mass is 11.1. The van der Waals surface area contributed by atoms with Crippen LogP contribution in [-0.4, -0.2) is 4.55 Å². The summed E-state index contributed by atoms with van der Waals surface area (Å²) in [6, 6.07) is 0. The Labute approximate surface area is 42.7 Å². The van der Waals surface area contributed by atoms with E-state index in [0.29, 0.717) is 0 Å². The molecule has 1 aliphatic heterocycles. The molecule has 1 rings (SSSR count). The summed E-state index contributed by atoms with van der Waals surface area (Å²) in [4.78, 5) is 0. The second-order valence-electron chi connectivity index (χ2n) is 0.764. The Morgan fingerprint density at radius 3 is 2.83 bits per heavy atom. The molecule has 0 saturated carbocycles. The van der Waals surface area contributed by atoms with Gasteiger partial charge < -0.3 is 4.55 Å². The molecular formula is C2H3NOS2. The van der Waals surface area contributed by atoms with E-state index in [4.69, 9.17) is 0 Å². The van der Waals surface area contributed by atoms with Gasteiger partial charge in [0.05, 0.1) is 16.4 Å². The SMILES string of the molecule is [O-][S+]1C=CNS1. The van der Waals surface area contributed by atoms with E-state index < -0.39 is 10.2 Å². The van der Waals surface area contributed by atoms with Gasteiger partial charge in [-0.15, -0.1) is 0 Å². The van der Waals surface area contributed by atoms with Crippen LogP contribution < -0.4 is 4.72 Å². The first-order chi connectivity index (χ1) is 2.89. The summed E-state index contributed by atoms with van der Waals surface area (Å²) < 4.78 is 12.9. The fraction of sp³-hybridized carbons (Fsp3) is 0. The molecule has 1 atom stereocenters. The molecule has 0 aromatic carbocycles. The van der Waals surface area contributed by atoms with Gasteiger partial charge in [0.25, 0.3) is 0 Å². The first-order valence-electron chi connectivity index (χ1n) is 1.40. The molecule has 0 aliphatic carbocycles. The second-order valence-corrected chi connectivity index (χ2v) is 3.45. The van der Waals surface area contributed by atoms with Gasteiger partial charge in [-0.3, -0.25) is 4.72 Å². The fourth-order valence-electron chi connectivity index (χ4n) is 0.186. The summed E-state index contributed by atoms with van der Waals surface area (Å²) in [6.45, 7) is 0. The second kappa shape index (κ2) is 1.77. The molecule has 4 heteroatoms. The fourth-order valence-corrected chi connectivity index (χ4v) is 1.51. The highest BCUT2D eigenvalue weighted by Gasteiger charge is 2.06. The van der Waals surface area contributed by atoms with Crippen LogP contribution in [0.4, 0.5) is 0 Å². The Hall–Kier alpha value is 0.200. The monoisotopic (exact) mass is 121 g/mol. The molecule has 0 aromatic rings. The standard InChI is InChI=1S/C2H3NOS2/c4-6-2-1-3-5-6/h1-3H. The van der Waals surface area contributed by atoms with Gasteiger partial charge in [-0.2, -0.15) is 0 Å². The highest BCUT2D eigenvalue weighted by molar-refractivity contribution is 8.72. The van der Waals surface area contributed by atoms with E-state index in [2.05, 4.69) is 4.72 Å². The first-order valence-corrected chi connectivity index (χ1v) is 3.94. The molecular weight excluding hydrogens is 118 g/mol. The molecule has 34 valence electrons. The third kappa shape index (κ3) is 0.830. The van der Waals surface area contributed by atoms with E-state index in [1.165, 1.54) is 11.0 Å². The Balaban J connectivity index is 2.38. The van der Waals surface area contributed by atoms with Crippen LogP contribution in [0.5, 0.6) is 0 Å². The zero-order valence-corrected chi connectivity index (χ0v) is 4.51. The maximum atomic E-state index is 10.2. The molecule has 0 radical (unpaired) electrons. The molecule has 1 aliphatic rings. The van der Waals surface area contributed by atoms with Crippen LogP contribution in [0.25, 0.3) is 0 Å². The third-order valence-electron chi connectivity index (χ3n) is 0.377. The van der Waals surface area contributed by atoms with E-state index in [0.717, 1.165) is 0 Å². The van der Waals surface area contributed by atoms with Crippen molar-refractivity contribution in [3.63, 3.8) is 0 Å². The molecule has 0 amide bonds. The largest absolute Gasteiger partial charge is 0.599 e. The summed E-state index contributed by atoms with van der Waals surface area (Å²) in [7, 11) is 0.410. The Kier molecular flexibility index (Phi) is 1.29. The van der Waals surface area contributed by atoms with Gasteiger partial charge in [0.15, 0.2) is 0 Å². The summed E-state index contributed by atoms with van der Waals surface area (Å²) in [5, 5.41) is 1.60. The van der Waals surface area contributed by atoms with Crippen LogP contribution in [0.15, 0.2) is 11.6 Å². The van der Waals surface area contributed by atoms with Crippen molar-refractivity contribution in [1.29, 1.82) is 0 Å². The minimum absolute atomic E-state index is 0.798. The minimum Gasteiger partial charge on any atom is -0.599 e. The summed E-state index contributed by atoms with van der Waals surface area (Å²) in [5.74, 6) is 0. The van der Waals surface area contributed by atoms with E-state index in [1.807, 2.05) is 0 Å². The smallest absolute Gasteiger partial charge is 0.215 e. The Bertz CT molecular complexity index is 73.9. The average Bonchev–Trinajstić information content (AvgIpc) is 1.86. The van der Waals surface area contributed by atoms with Crippen LogP contribution in [0.3, 0.4) is 0 Å². The Morgan fingerprint density at radius 1 is 1.83 bits per heavy atom. The van der Waals surface area contributed by atoms with Crippen molar-refractivity contribution in [3.8, 4) is 0 Å². The van der Waals surface area contributed by atoms with Gasteiger partial charge in [0, 0.05) is 0 Å². The molecule has 0 bridgehead atoms. The maximum absolute atomic E-state index is 10.2. The van der Waals surface area contributed by atoms with Crippen LogP contribution in [0.1, 0.15) is 0 Å². The lowest BCUT2D eigenvalue weighted by Gasteiger charge is -1.88. The molecule has 2 nitrogen and oxygen atoms in total.